The molecule has 0 aliphatic heterocycles. The summed E-state index contributed by atoms with van der Waals surface area (Å²) in [5.74, 6) is 0.363. The monoisotopic (exact) mass is 328 g/mol. The van der Waals surface area contributed by atoms with Crippen LogP contribution >= 0.6 is 23.4 Å². The summed E-state index contributed by atoms with van der Waals surface area (Å²) in [7, 11) is 0. The first-order valence-electron chi connectivity index (χ1n) is 7.15. The Morgan fingerprint density at radius 3 is 2.95 bits per heavy atom. The summed E-state index contributed by atoms with van der Waals surface area (Å²) in [4.78, 5) is 12.9. The van der Waals surface area contributed by atoms with Crippen molar-refractivity contribution >= 4 is 35.1 Å². The third-order valence-electron chi connectivity index (χ3n) is 3.72. The van der Waals surface area contributed by atoms with E-state index in [2.05, 4.69) is 10.6 Å². The molecule has 2 atom stereocenters. The number of thioether (sulfide) groups is 1. The number of hydrogen-bond acceptors (Lipinski definition) is 3. The van der Waals surface area contributed by atoms with Crippen LogP contribution in [-0.4, -0.2) is 30.0 Å². The van der Waals surface area contributed by atoms with Crippen molar-refractivity contribution < 1.29 is 9.90 Å². The molecule has 2 unspecified atom stereocenters. The maximum atomic E-state index is 11.9. The highest BCUT2D eigenvalue weighted by atomic mass is 35.5. The number of nitrogens with one attached hydrogen (secondary N) is 2. The summed E-state index contributed by atoms with van der Waals surface area (Å²) in [6, 6.07) is 5.24. The number of benzene rings is 1. The molecule has 1 aromatic carbocycles. The summed E-state index contributed by atoms with van der Waals surface area (Å²) >= 11 is 7.68. The Morgan fingerprint density at radius 1 is 1.48 bits per heavy atom. The van der Waals surface area contributed by atoms with Crippen LogP contribution in [0.1, 0.15) is 25.7 Å². The van der Waals surface area contributed by atoms with E-state index in [1.54, 1.807) is 17.8 Å². The van der Waals surface area contributed by atoms with Gasteiger partial charge in [-0.2, -0.15) is 0 Å². The molecule has 1 saturated carbocycles. The van der Waals surface area contributed by atoms with Gasteiger partial charge in [0.2, 0.25) is 0 Å². The Balaban J connectivity index is 1.80. The number of rotatable bonds is 4. The van der Waals surface area contributed by atoms with Gasteiger partial charge < -0.3 is 15.7 Å². The second kappa shape index (κ2) is 7.92. The number of anilines is 1. The summed E-state index contributed by atoms with van der Waals surface area (Å²) in [5.41, 5.74) is 0.680. The van der Waals surface area contributed by atoms with Gasteiger partial charge in [-0.05, 0) is 49.6 Å². The Bertz CT molecular complexity index is 499. The first-order valence-corrected chi connectivity index (χ1v) is 8.75. The molecule has 0 spiro atoms. The van der Waals surface area contributed by atoms with E-state index in [0.717, 1.165) is 30.6 Å². The lowest BCUT2D eigenvalue weighted by Crippen LogP contribution is -2.35. The fourth-order valence-electron chi connectivity index (χ4n) is 2.60. The second-order valence-electron chi connectivity index (χ2n) is 5.37. The highest BCUT2D eigenvalue weighted by molar-refractivity contribution is 7.98. The molecule has 6 heteroatoms. The van der Waals surface area contributed by atoms with Gasteiger partial charge in [0, 0.05) is 17.1 Å². The molecule has 0 aromatic heterocycles. The highest BCUT2D eigenvalue weighted by Gasteiger charge is 2.20. The molecule has 0 heterocycles. The zero-order chi connectivity index (χ0) is 15.2. The normalized spacial score (nSPS) is 21.9. The molecule has 1 aliphatic carbocycles. The van der Waals surface area contributed by atoms with Crippen LogP contribution in [0.5, 0.6) is 0 Å². The average Bonchev–Trinajstić information content (AvgIpc) is 2.45. The fraction of sp³-hybridized carbons (Fsp3) is 0.533. The lowest BCUT2D eigenvalue weighted by Gasteiger charge is -2.25. The molecule has 116 valence electrons. The molecule has 0 bridgehead atoms. The van der Waals surface area contributed by atoms with Crippen molar-refractivity contribution in [1.82, 2.24) is 5.32 Å². The van der Waals surface area contributed by atoms with E-state index in [9.17, 15) is 9.90 Å². The molecule has 4 nitrogen and oxygen atoms in total. The number of aliphatic hydroxyl groups excluding tert-OH is 1. The molecule has 0 radical (unpaired) electrons. The molecule has 3 N–H and O–H groups in total. The van der Waals surface area contributed by atoms with Crippen molar-refractivity contribution in [2.75, 3.05) is 18.1 Å². The van der Waals surface area contributed by atoms with E-state index in [1.165, 1.54) is 0 Å². The van der Waals surface area contributed by atoms with Crippen LogP contribution < -0.4 is 10.6 Å². The van der Waals surface area contributed by atoms with Crippen molar-refractivity contribution in [3.05, 3.63) is 23.2 Å². The van der Waals surface area contributed by atoms with Crippen molar-refractivity contribution in [2.24, 2.45) is 5.92 Å². The zero-order valence-electron chi connectivity index (χ0n) is 12.1. The van der Waals surface area contributed by atoms with Gasteiger partial charge in [0.25, 0.3) is 0 Å². The van der Waals surface area contributed by atoms with E-state index in [-0.39, 0.29) is 12.1 Å². The molecule has 2 amide bonds. The lowest BCUT2D eigenvalue weighted by atomic mass is 9.87. The standard InChI is InChI=1S/C15H21ClN2O2S/c1-21-14-6-5-11(8-13(14)16)18-15(20)17-9-10-3-2-4-12(19)7-10/h5-6,8,10,12,19H,2-4,7,9H2,1H3,(H2,17,18,20). The van der Waals surface area contributed by atoms with Crippen LogP contribution in [0.2, 0.25) is 5.02 Å². The largest absolute Gasteiger partial charge is 0.393 e. The minimum Gasteiger partial charge on any atom is -0.393 e. The fourth-order valence-corrected chi connectivity index (χ4v) is 3.47. The Hall–Kier alpha value is -0.910. The van der Waals surface area contributed by atoms with Gasteiger partial charge in [0.1, 0.15) is 0 Å². The first-order chi connectivity index (χ1) is 10.1. The summed E-state index contributed by atoms with van der Waals surface area (Å²) in [6.45, 7) is 0.597. The molecular weight excluding hydrogens is 308 g/mol. The number of hydrogen-bond donors (Lipinski definition) is 3. The van der Waals surface area contributed by atoms with Crippen molar-refractivity contribution in [1.29, 1.82) is 0 Å². The summed E-state index contributed by atoms with van der Waals surface area (Å²) in [6.07, 6.45) is 5.48. The van der Waals surface area contributed by atoms with Gasteiger partial charge in [-0.3, -0.25) is 0 Å². The molecule has 2 rings (SSSR count). The number of carbonyl (C=O) groups is 1. The Labute approximate surface area is 134 Å². The molecule has 1 fully saturated rings. The second-order valence-corrected chi connectivity index (χ2v) is 6.63. The molecule has 1 aromatic rings. The van der Waals surface area contributed by atoms with Crippen LogP contribution in [0.25, 0.3) is 0 Å². The van der Waals surface area contributed by atoms with E-state index < -0.39 is 0 Å². The number of urea groups is 1. The average molecular weight is 329 g/mol. The Kier molecular flexibility index (Phi) is 6.21. The van der Waals surface area contributed by atoms with Gasteiger partial charge in [-0.1, -0.05) is 18.0 Å². The van der Waals surface area contributed by atoms with Gasteiger partial charge in [-0.25, -0.2) is 4.79 Å². The third-order valence-corrected chi connectivity index (χ3v) is 4.94. The molecule has 0 saturated heterocycles. The van der Waals surface area contributed by atoms with Crippen LogP contribution in [-0.2, 0) is 0 Å². The van der Waals surface area contributed by atoms with Crippen LogP contribution in [0.3, 0.4) is 0 Å². The van der Waals surface area contributed by atoms with E-state index in [1.807, 2.05) is 18.4 Å². The Morgan fingerprint density at radius 2 is 2.29 bits per heavy atom. The number of carbonyl (C=O) groups excluding carboxylic acids is 1. The van der Waals surface area contributed by atoms with Gasteiger partial charge >= 0.3 is 6.03 Å². The van der Waals surface area contributed by atoms with Gasteiger partial charge in [0.15, 0.2) is 0 Å². The predicted octanol–water partition coefficient (Wildman–Crippen LogP) is 3.73. The van der Waals surface area contributed by atoms with Crippen LogP contribution in [0.15, 0.2) is 23.1 Å². The van der Waals surface area contributed by atoms with E-state index in [4.69, 9.17) is 11.6 Å². The van der Waals surface area contributed by atoms with Gasteiger partial charge in [0.05, 0.1) is 11.1 Å². The number of halogens is 1. The molecule has 1 aliphatic rings. The zero-order valence-corrected chi connectivity index (χ0v) is 13.6. The maximum Gasteiger partial charge on any atom is 0.319 e. The molecular formula is C15H21ClN2O2S. The maximum absolute atomic E-state index is 11.9. The third kappa shape index (κ3) is 5.09. The lowest BCUT2D eigenvalue weighted by molar-refractivity contribution is 0.101. The van der Waals surface area contributed by atoms with Crippen LogP contribution in [0, 0.1) is 5.92 Å². The molecule has 21 heavy (non-hydrogen) atoms. The SMILES string of the molecule is CSc1ccc(NC(=O)NCC2CCCC(O)C2)cc1Cl. The van der Waals surface area contributed by atoms with Crippen LogP contribution in [0.4, 0.5) is 10.5 Å². The van der Waals surface area contributed by atoms with Crippen molar-refractivity contribution in [2.45, 2.75) is 36.7 Å². The van der Waals surface area contributed by atoms with Crippen molar-refractivity contribution in [3.8, 4) is 0 Å². The minimum absolute atomic E-state index is 0.216. The highest BCUT2D eigenvalue weighted by Crippen LogP contribution is 2.28. The topological polar surface area (TPSA) is 61.4 Å². The minimum atomic E-state index is -0.233. The number of amides is 2. The smallest absolute Gasteiger partial charge is 0.319 e. The summed E-state index contributed by atoms with van der Waals surface area (Å²) < 4.78 is 0. The first kappa shape index (κ1) is 16.5. The van der Waals surface area contributed by atoms with Crippen molar-refractivity contribution in [3.63, 3.8) is 0 Å². The number of aliphatic hydroxyl groups is 1. The van der Waals surface area contributed by atoms with E-state index in [0.29, 0.717) is 23.2 Å². The van der Waals surface area contributed by atoms with Gasteiger partial charge in [-0.15, -0.1) is 11.8 Å². The quantitative estimate of drug-likeness (QED) is 0.738. The predicted molar refractivity (Wildman–Crippen MR) is 88.2 cm³/mol. The summed E-state index contributed by atoms with van der Waals surface area (Å²) in [5, 5.41) is 15.9. The van der Waals surface area contributed by atoms with E-state index >= 15 is 0 Å².